The second kappa shape index (κ2) is 14.4. The minimum Gasteiger partial charge on any atom is -0.496 e. The summed E-state index contributed by atoms with van der Waals surface area (Å²) in [7, 11) is 3.08. The van der Waals surface area contributed by atoms with Crippen LogP contribution in [0.3, 0.4) is 0 Å². The van der Waals surface area contributed by atoms with E-state index in [2.05, 4.69) is 36.9 Å². The minimum absolute atomic E-state index is 0.183. The summed E-state index contributed by atoms with van der Waals surface area (Å²) >= 11 is 20.7. The van der Waals surface area contributed by atoms with Gasteiger partial charge in [-0.2, -0.15) is 0 Å². The summed E-state index contributed by atoms with van der Waals surface area (Å²) in [5.41, 5.74) is 2.44. The molecule has 1 atom stereocenters. The maximum absolute atomic E-state index is 14.2. The number of allylic oxidation sites excluding steroid dienone is 1. The van der Waals surface area contributed by atoms with Crippen LogP contribution in [0.5, 0.6) is 17.2 Å². The van der Waals surface area contributed by atoms with Crippen LogP contribution in [0.2, 0.25) is 10.0 Å². The fourth-order valence-electron chi connectivity index (χ4n) is 4.98. The molecule has 3 aromatic carbocycles. The number of aromatic nitrogens is 1. The zero-order valence-corrected chi connectivity index (χ0v) is 30.8. The van der Waals surface area contributed by atoms with Crippen molar-refractivity contribution in [2.45, 2.75) is 39.5 Å². The predicted octanol–water partition coefficient (Wildman–Crippen LogP) is 7.61. The van der Waals surface area contributed by atoms with Crippen LogP contribution < -0.4 is 29.1 Å². The van der Waals surface area contributed by atoms with E-state index < -0.39 is 12.0 Å². The van der Waals surface area contributed by atoms with Gasteiger partial charge in [0, 0.05) is 25.6 Å². The molecule has 0 saturated heterocycles. The lowest BCUT2D eigenvalue weighted by atomic mass is 9.95. The van der Waals surface area contributed by atoms with Gasteiger partial charge in [0.15, 0.2) is 16.3 Å². The standard InChI is InChI=1S/C33H28Br2Cl2N2O6S/c1-16(2)45-32(41)28-17(3)38-33-39(29(28)22-13-20(34)7-9-25(22)42-4)31(40)27(46-33)12-18-10-23(35)30(26(11-18)43-5)44-15-19-6-8-21(36)14-24(19)37/h6-14,16,29H,15H2,1-5H3/b27-12-/t29-/m1/s1. The Morgan fingerprint density at radius 2 is 1.80 bits per heavy atom. The van der Waals surface area contributed by atoms with Crippen molar-refractivity contribution in [3.05, 3.63) is 115 Å². The highest BCUT2D eigenvalue weighted by molar-refractivity contribution is 9.10. The molecule has 1 aliphatic rings. The van der Waals surface area contributed by atoms with Crippen molar-refractivity contribution in [3.63, 3.8) is 0 Å². The molecule has 8 nitrogen and oxygen atoms in total. The molecule has 0 saturated carbocycles. The molecule has 1 aliphatic heterocycles. The number of hydrogen-bond acceptors (Lipinski definition) is 8. The summed E-state index contributed by atoms with van der Waals surface area (Å²) < 4.78 is 26.3. The van der Waals surface area contributed by atoms with Gasteiger partial charge in [0.25, 0.3) is 5.56 Å². The number of hydrogen-bond donors (Lipinski definition) is 0. The first-order valence-corrected chi connectivity index (χ1v) is 17.1. The third kappa shape index (κ3) is 7.08. The third-order valence-corrected chi connectivity index (χ3v) is 9.66. The first-order valence-electron chi connectivity index (χ1n) is 13.9. The van der Waals surface area contributed by atoms with E-state index >= 15 is 0 Å². The van der Waals surface area contributed by atoms with Crippen molar-refractivity contribution in [1.29, 1.82) is 0 Å². The molecule has 13 heteroatoms. The maximum Gasteiger partial charge on any atom is 0.338 e. The second-order valence-corrected chi connectivity index (χ2v) is 14.1. The monoisotopic (exact) mass is 808 g/mol. The number of halogens is 4. The molecule has 0 bridgehead atoms. The number of carbonyl (C=O) groups is 1. The van der Waals surface area contributed by atoms with Crippen molar-refractivity contribution in [1.82, 2.24) is 4.57 Å². The number of methoxy groups -OCH3 is 2. The molecule has 2 heterocycles. The summed E-state index contributed by atoms with van der Waals surface area (Å²) in [6.45, 7) is 5.47. The van der Waals surface area contributed by atoms with E-state index in [0.717, 1.165) is 10.0 Å². The van der Waals surface area contributed by atoms with Gasteiger partial charge in [-0.05, 0) is 90.8 Å². The molecule has 5 rings (SSSR count). The smallest absolute Gasteiger partial charge is 0.338 e. The first-order chi connectivity index (χ1) is 21.9. The lowest BCUT2D eigenvalue weighted by molar-refractivity contribution is -0.143. The van der Waals surface area contributed by atoms with E-state index in [1.54, 1.807) is 64.3 Å². The number of fused-ring (bicyclic) bond motifs is 1. The fourth-order valence-corrected chi connectivity index (χ4v) is 7.44. The normalized spacial score (nSPS) is 14.7. The Kier molecular flexibility index (Phi) is 10.7. The van der Waals surface area contributed by atoms with Crippen LogP contribution >= 0.6 is 66.4 Å². The number of ether oxygens (including phenoxy) is 4. The Morgan fingerprint density at radius 1 is 1.07 bits per heavy atom. The molecule has 1 aromatic heterocycles. The average molecular weight is 811 g/mol. The average Bonchev–Trinajstić information content (AvgIpc) is 3.29. The van der Waals surface area contributed by atoms with Gasteiger partial charge in [-0.25, -0.2) is 9.79 Å². The molecule has 0 fully saturated rings. The number of nitrogens with zero attached hydrogens (tertiary/aromatic N) is 2. The highest BCUT2D eigenvalue weighted by Gasteiger charge is 2.35. The highest BCUT2D eigenvalue weighted by Crippen LogP contribution is 2.39. The summed E-state index contributed by atoms with van der Waals surface area (Å²) in [6.07, 6.45) is 1.38. The number of thiazole rings is 1. The Balaban J connectivity index is 1.61. The third-order valence-electron chi connectivity index (χ3n) is 7.01. The molecule has 0 N–H and O–H groups in total. The molecule has 0 radical (unpaired) electrons. The minimum atomic E-state index is -0.839. The van der Waals surface area contributed by atoms with Crippen LogP contribution in [0, 0.1) is 0 Å². The van der Waals surface area contributed by atoms with Gasteiger partial charge in [0.05, 0.1) is 40.6 Å². The lowest BCUT2D eigenvalue weighted by Gasteiger charge is -2.26. The van der Waals surface area contributed by atoms with Crippen molar-refractivity contribution in [2.75, 3.05) is 14.2 Å². The van der Waals surface area contributed by atoms with Gasteiger partial charge in [0.2, 0.25) is 0 Å². The van der Waals surface area contributed by atoms with E-state index in [-0.39, 0.29) is 23.8 Å². The molecule has 240 valence electrons. The lowest BCUT2D eigenvalue weighted by Crippen LogP contribution is -2.40. The van der Waals surface area contributed by atoms with E-state index in [1.807, 2.05) is 18.2 Å². The predicted molar refractivity (Wildman–Crippen MR) is 187 cm³/mol. The van der Waals surface area contributed by atoms with E-state index in [9.17, 15) is 9.59 Å². The van der Waals surface area contributed by atoms with E-state index in [1.165, 1.54) is 23.0 Å². The topological polar surface area (TPSA) is 88.4 Å². The van der Waals surface area contributed by atoms with Gasteiger partial charge >= 0.3 is 5.97 Å². The molecule has 0 amide bonds. The van der Waals surface area contributed by atoms with Crippen molar-refractivity contribution >= 4 is 78.4 Å². The largest absolute Gasteiger partial charge is 0.496 e. The first kappa shape index (κ1) is 34.3. The van der Waals surface area contributed by atoms with Crippen LogP contribution in [0.4, 0.5) is 0 Å². The Morgan fingerprint density at radius 3 is 2.48 bits per heavy atom. The van der Waals surface area contributed by atoms with Crippen LogP contribution in [0.1, 0.15) is 43.5 Å². The Labute approximate surface area is 296 Å². The number of esters is 1. The van der Waals surface area contributed by atoms with Crippen molar-refractivity contribution in [2.24, 2.45) is 4.99 Å². The summed E-state index contributed by atoms with van der Waals surface area (Å²) in [5, 5.41) is 1.02. The highest BCUT2D eigenvalue weighted by atomic mass is 79.9. The van der Waals surface area contributed by atoms with Crippen LogP contribution in [0.25, 0.3) is 6.08 Å². The van der Waals surface area contributed by atoms with Gasteiger partial charge in [-0.1, -0.05) is 56.5 Å². The number of rotatable bonds is 9. The molecule has 0 unspecified atom stereocenters. The van der Waals surface area contributed by atoms with Gasteiger partial charge in [-0.15, -0.1) is 0 Å². The molecular weight excluding hydrogens is 783 g/mol. The van der Waals surface area contributed by atoms with Crippen LogP contribution in [-0.4, -0.2) is 30.9 Å². The molecule has 46 heavy (non-hydrogen) atoms. The zero-order valence-electron chi connectivity index (χ0n) is 25.3. The summed E-state index contributed by atoms with van der Waals surface area (Å²) in [5.74, 6) is 0.876. The number of carbonyl (C=O) groups excluding carboxylic acids is 1. The molecule has 0 spiro atoms. The quantitative estimate of drug-likeness (QED) is 0.162. The zero-order chi connectivity index (χ0) is 33.3. The molecule has 4 aromatic rings. The Bertz CT molecular complexity index is 2060. The molecular formula is C33H28Br2Cl2N2O6S. The van der Waals surface area contributed by atoms with E-state index in [0.29, 0.717) is 57.9 Å². The van der Waals surface area contributed by atoms with E-state index in [4.69, 9.17) is 42.1 Å². The van der Waals surface area contributed by atoms with Crippen LogP contribution in [0.15, 0.2) is 78.5 Å². The summed E-state index contributed by atoms with van der Waals surface area (Å²) in [6, 6.07) is 13.4. The fraction of sp³-hybridized carbons (Fsp3) is 0.242. The Hall–Kier alpha value is -3.09. The summed E-state index contributed by atoms with van der Waals surface area (Å²) in [4.78, 5) is 32.8. The van der Waals surface area contributed by atoms with Gasteiger partial charge < -0.3 is 18.9 Å². The molecule has 0 aliphatic carbocycles. The number of benzene rings is 3. The van der Waals surface area contributed by atoms with Crippen molar-refractivity contribution < 1.29 is 23.7 Å². The van der Waals surface area contributed by atoms with Crippen LogP contribution in [-0.2, 0) is 16.1 Å². The van der Waals surface area contributed by atoms with Gasteiger partial charge in [0.1, 0.15) is 18.4 Å². The SMILES string of the molecule is COc1ccc(Br)cc1[C@@H]1C(C(=O)OC(C)C)=C(C)N=c2s/c(=C\c3cc(Br)c(OCc4ccc(Cl)cc4Cl)c(OC)c3)c(=O)n21. The second-order valence-electron chi connectivity index (χ2n) is 10.5. The van der Waals surface area contributed by atoms with Crippen molar-refractivity contribution in [3.8, 4) is 17.2 Å². The maximum atomic E-state index is 14.2. The van der Waals surface area contributed by atoms with Gasteiger partial charge in [-0.3, -0.25) is 9.36 Å².